The molecule has 0 bridgehead atoms. The Hall–Kier alpha value is -1.79. The molecule has 0 atom stereocenters. The smallest absolute Gasteiger partial charge is 0.322 e. The molecule has 0 spiro atoms. The maximum atomic E-state index is 11.7. The molecule has 7 heteroatoms. The number of carboxylic acids is 1. The molecule has 1 saturated carbocycles. The first kappa shape index (κ1) is 14.3. The molecule has 1 fully saturated rings. The zero-order valence-electron chi connectivity index (χ0n) is 10.4. The van der Waals surface area contributed by atoms with Crippen LogP contribution < -0.4 is 10.6 Å². The summed E-state index contributed by atoms with van der Waals surface area (Å²) >= 11 is 0. The lowest BCUT2D eigenvalue weighted by Gasteiger charge is -2.20. The molecule has 0 heterocycles. The fourth-order valence-electron chi connectivity index (χ4n) is 1.47. The Morgan fingerprint density at radius 2 is 1.89 bits per heavy atom. The van der Waals surface area contributed by atoms with Gasteiger partial charge in [0.15, 0.2) is 0 Å². The number of carbonyl (C=O) groups excluding carboxylic acids is 2. The van der Waals surface area contributed by atoms with Gasteiger partial charge in [0.25, 0.3) is 0 Å². The summed E-state index contributed by atoms with van der Waals surface area (Å²) in [5.74, 6) is -1.02. The number of hydrogen-bond acceptors (Lipinski definition) is 3. The summed E-state index contributed by atoms with van der Waals surface area (Å²) in [6.07, 6.45) is 2.31. The molecule has 1 aliphatic rings. The van der Waals surface area contributed by atoms with Crippen molar-refractivity contribution in [1.29, 1.82) is 0 Å². The van der Waals surface area contributed by atoms with Crippen LogP contribution in [0.15, 0.2) is 0 Å². The first-order valence-electron chi connectivity index (χ1n) is 6.04. The Morgan fingerprint density at radius 3 is 2.39 bits per heavy atom. The van der Waals surface area contributed by atoms with Crippen LogP contribution in [0, 0.1) is 5.92 Å². The van der Waals surface area contributed by atoms with Crippen molar-refractivity contribution in [3.8, 4) is 0 Å². The van der Waals surface area contributed by atoms with E-state index in [1.54, 1.807) is 4.90 Å². The lowest BCUT2D eigenvalue weighted by molar-refractivity contribution is -0.137. The maximum Gasteiger partial charge on any atom is 0.322 e. The first-order chi connectivity index (χ1) is 8.52. The third kappa shape index (κ3) is 5.51. The molecular weight excluding hydrogens is 238 g/mol. The van der Waals surface area contributed by atoms with Crippen LogP contribution in [0.4, 0.5) is 4.79 Å². The van der Waals surface area contributed by atoms with Crippen LogP contribution in [0.25, 0.3) is 0 Å². The number of aliphatic carboxylic acids is 1. The van der Waals surface area contributed by atoms with Crippen molar-refractivity contribution in [1.82, 2.24) is 15.5 Å². The lowest BCUT2D eigenvalue weighted by Crippen LogP contribution is -2.45. The Bertz CT molecular complexity index is 328. The minimum atomic E-state index is -1.11. The van der Waals surface area contributed by atoms with Gasteiger partial charge in [0.2, 0.25) is 5.91 Å². The minimum absolute atomic E-state index is 0.201. The molecule has 0 saturated heterocycles. The molecule has 0 aliphatic heterocycles. The second kappa shape index (κ2) is 6.83. The summed E-state index contributed by atoms with van der Waals surface area (Å²) in [5.41, 5.74) is 0. The summed E-state index contributed by atoms with van der Waals surface area (Å²) in [7, 11) is 0. The van der Waals surface area contributed by atoms with Crippen LogP contribution >= 0.6 is 0 Å². The normalized spacial score (nSPS) is 13.8. The second-order valence-corrected chi connectivity index (χ2v) is 4.31. The van der Waals surface area contributed by atoms with Crippen LogP contribution in [0.5, 0.6) is 0 Å². The summed E-state index contributed by atoms with van der Waals surface area (Å²) < 4.78 is 0. The molecule has 0 aromatic heterocycles. The second-order valence-electron chi connectivity index (χ2n) is 4.31. The van der Waals surface area contributed by atoms with Crippen molar-refractivity contribution in [3.63, 3.8) is 0 Å². The van der Waals surface area contributed by atoms with E-state index in [1.165, 1.54) is 0 Å². The van der Waals surface area contributed by atoms with Crippen molar-refractivity contribution in [2.24, 2.45) is 5.92 Å². The van der Waals surface area contributed by atoms with Gasteiger partial charge in [0.05, 0.1) is 6.54 Å². The van der Waals surface area contributed by atoms with E-state index in [9.17, 15) is 14.4 Å². The average molecular weight is 257 g/mol. The van der Waals surface area contributed by atoms with Crippen LogP contribution in [0.2, 0.25) is 0 Å². The number of amides is 3. The van der Waals surface area contributed by atoms with Crippen LogP contribution in [0.3, 0.4) is 0 Å². The number of hydrogen-bond donors (Lipinski definition) is 3. The van der Waals surface area contributed by atoms with E-state index in [4.69, 9.17) is 5.11 Å². The number of rotatable bonds is 7. The Balaban J connectivity index is 2.21. The van der Waals surface area contributed by atoms with E-state index in [0.717, 1.165) is 19.4 Å². The number of nitrogens with zero attached hydrogens (tertiary/aromatic N) is 1. The maximum absolute atomic E-state index is 11.7. The number of carboxylic acid groups (broad SMARTS) is 1. The molecule has 102 valence electrons. The molecule has 1 rings (SSSR count). The zero-order chi connectivity index (χ0) is 13.5. The summed E-state index contributed by atoms with van der Waals surface area (Å²) in [6, 6.07) is -0.283. The Kier molecular flexibility index (Phi) is 5.41. The largest absolute Gasteiger partial charge is 0.480 e. The fraction of sp³-hybridized carbons (Fsp3) is 0.727. The average Bonchev–Trinajstić information content (AvgIpc) is 3.14. The molecule has 0 aromatic carbocycles. The molecule has 0 unspecified atom stereocenters. The molecule has 7 nitrogen and oxygen atoms in total. The van der Waals surface area contributed by atoms with Crippen LogP contribution in [0.1, 0.15) is 19.8 Å². The van der Waals surface area contributed by atoms with E-state index in [2.05, 4.69) is 10.6 Å². The third-order valence-corrected chi connectivity index (χ3v) is 2.68. The predicted molar refractivity (Wildman–Crippen MR) is 64.0 cm³/mol. The van der Waals surface area contributed by atoms with Gasteiger partial charge in [-0.3, -0.25) is 9.59 Å². The monoisotopic (exact) mass is 257 g/mol. The SMILES string of the molecule is CCN(CC1CC1)C(=O)NCC(=O)NCC(=O)O. The van der Waals surface area contributed by atoms with Crippen LogP contribution in [-0.4, -0.2) is 54.1 Å². The molecule has 0 aromatic rings. The molecule has 3 N–H and O–H groups in total. The minimum Gasteiger partial charge on any atom is -0.480 e. The van der Waals surface area contributed by atoms with E-state index < -0.39 is 18.4 Å². The van der Waals surface area contributed by atoms with Crippen molar-refractivity contribution < 1.29 is 19.5 Å². The van der Waals surface area contributed by atoms with Gasteiger partial charge in [-0.05, 0) is 25.7 Å². The molecule has 3 amide bonds. The van der Waals surface area contributed by atoms with E-state index in [1.807, 2.05) is 6.92 Å². The lowest BCUT2D eigenvalue weighted by atomic mass is 10.4. The van der Waals surface area contributed by atoms with Gasteiger partial charge in [0, 0.05) is 13.1 Å². The van der Waals surface area contributed by atoms with Crippen LogP contribution in [-0.2, 0) is 9.59 Å². The number of carbonyl (C=O) groups is 3. The highest BCUT2D eigenvalue weighted by Gasteiger charge is 2.25. The summed E-state index contributed by atoms with van der Waals surface area (Å²) in [6.45, 7) is 2.56. The van der Waals surface area contributed by atoms with Crippen molar-refractivity contribution in [2.45, 2.75) is 19.8 Å². The molecule has 18 heavy (non-hydrogen) atoms. The molecule has 0 radical (unpaired) electrons. The van der Waals surface area contributed by atoms with Crippen molar-refractivity contribution in [2.75, 3.05) is 26.2 Å². The number of urea groups is 1. The highest BCUT2D eigenvalue weighted by Crippen LogP contribution is 2.29. The van der Waals surface area contributed by atoms with E-state index in [-0.39, 0.29) is 12.6 Å². The van der Waals surface area contributed by atoms with Gasteiger partial charge in [-0.15, -0.1) is 0 Å². The van der Waals surface area contributed by atoms with Crippen molar-refractivity contribution >= 4 is 17.9 Å². The van der Waals surface area contributed by atoms with Gasteiger partial charge in [-0.25, -0.2) is 4.79 Å². The van der Waals surface area contributed by atoms with E-state index in [0.29, 0.717) is 12.5 Å². The van der Waals surface area contributed by atoms with Gasteiger partial charge < -0.3 is 20.6 Å². The zero-order valence-corrected chi connectivity index (χ0v) is 10.4. The summed E-state index contributed by atoms with van der Waals surface area (Å²) in [5, 5.41) is 13.0. The quantitative estimate of drug-likeness (QED) is 0.579. The Labute approximate surface area is 106 Å². The van der Waals surface area contributed by atoms with Gasteiger partial charge >= 0.3 is 12.0 Å². The van der Waals surface area contributed by atoms with Crippen molar-refractivity contribution in [3.05, 3.63) is 0 Å². The Morgan fingerprint density at radius 1 is 1.22 bits per heavy atom. The van der Waals surface area contributed by atoms with E-state index >= 15 is 0 Å². The fourth-order valence-corrected chi connectivity index (χ4v) is 1.47. The standard InChI is InChI=1S/C11H19N3O4/c1-2-14(7-8-3-4-8)11(18)13-5-9(15)12-6-10(16)17/h8H,2-7H2,1H3,(H,12,15)(H,13,18)(H,16,17). The number of nitrogens with one attached hydrogen (secondary N) is 2. The summed E-state index contributed by atoms with van der Waals surface area (Å²) in [4.78, 5) is 34.8. The molecule has 1 aliphatic carbocycles. The molecular formula is C11H19N3O4. The van der Waals surface area contributed by atoms with Gasteiger partial charge in [0.1, 0.15) is 6.54 Å². The topological polar surface area (TPSA) is 98.7 Å². The predicted octanol–water partition coefficient (Wildman–Crippen LogP) is -0.371. The van der Waals surface area contributed by atoms with Gasteiger partial charge in [-0.2, -0.15) is 0 Å². The third-order valence-electron chi connectivity index (χ3n) is 2.68. The van der Waals surface area contributed by atoms with Gasteiger partial charge in [-0.1, -0.05) is 0 Å². The first-order valence-corrected chi connectivity index (χ1v) is 6.04. The highest BCUT2D eigenvalue weighted by molar-refractivity contribution is 5.86. The highest BCUT2D eigenvalue weighted by atomic mass is 16.4.